The number of aryl methyl sites for hydroxylation is 1. The molecule has 0 unspecified atom stereocenters. The van der Waals surface area contributed by atoms with Gasteiger partial charge in [0.25, 0.3) is 0 Å². The molecule has 0 aliphatic carbocycles. The van der Waals surface area contributed by atoms with Crippen LogP contribution in [0.25, 0.3) is 11.3 Å². The van der Waals surface area contributed by atoms with Gasteiger partial charge < -0.3 is 9.52 Å². The molecule has 0 radical (unpaired) electrons. The molecule has 5 heteroatoms. The third kappa shape index (κ3) is 3.64. The fourth-order valence-electron chi connectivity index (χ4n) is 3.72. The number of aromatic carboxylic acids is 1. The van der Waals surface area contributed by atoms with Gasteiger partial charge in [-0.25, -0.2) is 4.79 Å². The van der Waals surface area contributed by atoms with Crippen molar-refractivity contribution < 1.29 is 14.3 Å². The van der Waals surface area contributed by atoms with Crippen molar-refractivity contribution in [3.8, 4) is 11.3 Å². The number of pyridine rings is 1. The van der Waals surface area contributed by atoms with Crippen molar-refractivity contribution in [3.63, 3.8) is 0 Å². The minimum Gasteiger partial charge on any atom is -0.478 e. The molecule has 27 heavy (non-hydrogen) atoms. The largest absolute Gasteiger partial charge is 0.478 e. The zero-order valence-corrected chi connectivity index (χ0v) is 15.3. The van der Waals surface area contributed by atoms with Crippen LogP contribution in [0, 0.1) is 6.92 Å². The van der Waals surface area contributed by atoms with Crippen LogP contribution in [0.3, 0.4) is 0 Å². The molecule has 5 nitrogen and oxygen atoms in total. The van der Waals surface area contributed by atoms with E-state index < -0.39 is 5.97 Å². The summed E-state index contributed by atoms with van der Waals surface area (Å²) in [5.74, 6) is 0.477. The van der Waals surface area contributed by atoms with Crippen LogP contribution in [-0.4, -0.2) is 27.5 Å². The van der Waals surface area contributed by atoms with Gasteiger partial charge in [-0.05, 0) is 56.1 Å². The highest BCUT2D eigenvalue weighted by molar-refractivity contribution is 5.95. The van der Waals surface area contributed by atoms with Crippen molar-refractivity contribution in [2.75, 3.05) is 6.54 Å². The van der Waals surface area contributed by atoms with Gasteiger partial charge in [-0.2, -0.15) is 0 Å². The number of likely N-dealkylation sites (tertiary alicyclic amines) is 1. The number of hydrogen-bond donors (Lipinski definition) is 1. The van der Waals surface area contributed by atoms with E-state index in [1.807, 2.05) is 31.3 Å². The predicted octanol–water partition coefficient (Wildman–Crippen LogP) is 4.69. The first-order valence-electron chi connectivity index (χ1n) is 9.20. The quantitative estimate of drug-likeness (QED) is 0.713. The average molecular weight is 362 g/mol. The van der Waals surface area contributed by atoms with Gasteiger partial charge in [0.15, 0.2) is 0 Å². The molecule has 3 aromatic rings. The van der Waals surface area contributed by atoms with E-state index in [4.69, 9.17) is 4.42 Å². The molecule has 138 valence electrons. The normalized spacial score (nSPS) is 17.3. The third-order valence-corrected chi connectivity index (χ3v) is 5.08. The maximum Gasteiger partial charge on any atom is 0.336 e. The number of hydrogen-bond acceptors (Lipinski definition) is 4. The second kappa shape index (κ2) is 7.37. The Kier molecular flexibility index (Phi) is 4.77. The van der Waals surface area contributed by atoms with Gasteiger partial charge in [-0.15, -0.1) is 0 Å². The van der Waals surface area contributed by atoms with E-state index in [-0.39, 0.29) is 5.56 Å². The number of benzene rings is 1. The molecular weight excluding hydrogens is 340 g/mol. The van der Waals surface area contributed by atoms with Gasteiger partial charge in [-0.3, -0.25) is 9.88 Å². The smallest absolute Gasteiger partial charge is 0.336 e. The fourth-order valence-corrected chi connectivity index (χ4v) is 3.72. The van der Waals surface area contributed by atoms with E-state index >= 15 is 0 Å². The summed E-state index contributed by atoms with van der Waals surface area (Å²) in [6.45, 7) is 3.74. The van der Waals surface area contributed by atoms with Gasteiger partial charge in [-0.1, -0.05) is 24.3 Å². The second-order valence-electron chi connectivity index (χ2n) is 7.01. The summed E-state index contributed by atoms with van der Waals surface area (Å²) in [5.41, 5.74) is 3.12. The number of nitrogens with zero attached hydrogens (tertiary/aromatic N) is 2. The molecule has 1 aromatic carbocycles. The Hall–Kier alpha value is -2.92. The molecule has 1 aliphatic heterocycles. The zero-order valence-electron chi connectivity index (χ0n) is 15.3. The van der Waals surface area contributed by atoms with Gasteiger partial charge in [0.05, 0.1) is 23.8 Å². The fraction of sp³-hybridized carbons (Fsp3) is 0.273. The molecule has 1 aliphatic rings. The molecule has 1 atom stereocenters. The van der Waals surface area contributed by atoms with E-state index in [0.717, 1.165) is 36.4 Å². The van der Waals surface area contributed by atoms with Crippen LogP contribution < -0.4 is 0 Å². The number of carboxylic acids is 1. The molecule has 3 heterocycles. The maximum atomic E-state index is 11.4. The van der Waals surface area contributed by atoms with Crippen LogP contribution in [0.15, 0.2) is 59.1 Å². The summed E-state index contributed by atoms with van der Waals surface area (Å²) in [6, 6.07) is 15.2. The molecule has 1 N–H and O–H groups in total. The number of aromatic nitrogens is 1. The minimum absolute atomic E-state index is 0.251. The Balaban J connectivity index is 1.54. The highest BCUT2D eigenvalue weighted by Gasteiger charge is 2.28. The highest BCUT2D eigenvalue weighted by atomic mass is 16.4. The lowest BCUT2D eigenvalue weighted by Gasteiger charge is -2.23. The second-order valence-corrected chi connectivity index (χ2v) is 7.01. The van der Waals surface area contributed by atoms with Crippen molar-refractivity contribution in [1.29, 1.82) is 0 Å². The molecular formula is C22H22N2O3. The topological polar surface area (TPSA) is 66.6 Å². The Morgan fingerprint density at radius 1 is 1.22 bits per heavy atom. The highest BCUT2D eigenvalue weighted by Crippen LogP contribution is 2.33. The molecule has 1 fully saturated rings. The predicted molar refractivity (Wildman–Crippen MR) is 102 cm³/mol. The summed E-state index contributed by atoms with van der Waals surface area (Å²) in [5, 5.41) is 9.39. The molecule has 2 aromatic heterocycles. The summed E-state index contributed by atoms with van der Waals surface area (Å²) in [6.07, 6.45) is 4.14. The van der Waals surface area contributed by atoms with Crippen molar-refractivity contribution in [1.82, 2.24) is 9.88 Å². The Bertz CT molecular complexity index is 946. The number of carbonyl (C=O) groups is 1. The summed E-state index contributed by atoms with van der Waals surface area (Å²) < 4.78 is 6.00. The summed E-state index contributed by atoms with van der Waals surface area (Å²) in [7, 11) is 0. The maximum absolute atomic E-state index is 11.4. The first kappa shape index (κ1) is 17.5. The van der Waals surface area contributed by atoms with E-state index in [9.17, 15) is 9.90 Å². The first-order valence-corrected chi connectivity index (χ1v) is 9.20. The molecule has 4 rings (SSSR count). The van der Waals surface area contributed by atoms with E-state index in [1.54, 1.807) is 18.2 Å². The average Bonchev–Trinajstić information content (AvgIpc) is 3.32. The summed E-state index contributed by atoms with van der Waals surface area (Å²) in [4.78, 5) is 18.4. The Labute approximate surface area is 158 Å². The number of rotatable bonds is 5. The Morgan fingerprint density at radius 2 is 2.07 bits per heavy atom. The van der Waals surface area contributed by atoms with Crippen LogP contribution in [0.4, 0.5) is 0 Å². The van der Waals surface area contributed by atoms with E-state index in [0.29, 0.717) is 23.9 Å². The van der Waals surface area contributed by atoms with Crippen molar-refractivity contribution in [2.45, 2.75) is 32.4 Å². The SMILES string of the molecule is Cc1ccc([C@@H]2CCCN2Cc2ccc(-c3ccccc3C(=O)O)o2)nc1. The molecule has 0 spiro atoms. The van der Waals surface area contributed by atoms with Crippen molar-refractivity contribution >= 4 is 5.97 Å². The lowest BCUT2D eigenvalue weighted by atomic mass is 10.1. The standard InChI is InChI=1S/C22H22N2O3/c1-15-8-10-19(23-13-15)20-7-4-12-24(20)14-16-9-11-21(27-16)17-5-2-3-6-18(17)22(25)26/h2-3,5-6,8-11,13,20H,4,7,12,14H2,1H3,(H,25,26)/t20-/m0/s1. The summed E-state index contributed by atoms with van der Waals surface area (Å²) >= 11 is 0. The van der Waals surface area contributed by atoms with Crippen molar-refractivity contribution in [2.24, 2.45) is 0 Å². The molecule has 1 saturated heterocycles. The van der Waals surface area contributed by atoms with Crippen LogP contribution in [0.2, 0.25) is 0 Å². The lowest BCUT2D eigenvalue weighted by molar-refractivity contribution is 0.0697. The van der Waals surface area contributed by atoms with Crippen LogP contribution >= 0.6 is 0 Å². The molecule has 0 amide bonds. The third-order valence-electron chi connectivity index (χ3n) is 5.08. The van der Waals surface area contributed by atoms with Gasteiger partial charge in [0.1, 0.15) is 11.5 Å². The van der Waals surface area contributed by atoms with E-state index in [1.165, 1.54) is 0 Å². The van der Waals surface area contributed by atoms with Crippen LogP contribution in [0.5, 0.6) is 0 Å². The van der Waals surface area contributed by atoms with Crippen LogP contribution in [0.1, 0.15) is 46.3 Å². The number of furan rings is 1. The van der Waals surface area contributed by atoms with Gasteiger partial charge >= 0.3 is 5.97 Å². The van der Waals surface area contributed by atoms with Crippen LogP contribution in [-0.2, 0) is 6.54 Å². The van der Waals surface area contributed by atoms with E-state index in [2.05, 4.69) is 22.0 Å². The van der Waals surface area contributed by atoms with Crippen molar-refractivity contribution in [3.05, 3.63) is 77.3 Å². The first-order chi connectivity index (χ1) is 13.1. The number of carboxylic acid groups (broad SMARTS) is 1. The Morgan fingerprint density at radius 3 is 2.85 bits per heavy atom. The lowest BCUT2D eigenvalue weighted by Crippen LogP contribution is -2.23. The minimum atomic E-state index is -0.950. The zero-order chi connectivity index (χ0) is 18.8. The van der Waals surface area contributed by atoms with Gasteiger partial charge in [0.2, 0.25) is 0 Å². The molecule has 0 bridgehead atoms. The molecule has 0 saturated carbocycles. The monoisotopic (exact) mass is 362 g/mol. The van der Waals surface area contributed by atoms with Gasteiger partial charge in [0, 0.05) is 11.8 Å².